The van der Waals surface area contributed by atoms with E-state index in [1.807, 2.05) is 0 Å². The maximum absolute atomic E-state index is 12.3. The lowest BCUT2D eigenvalue weighted by atomic mass is 10.0. The monoisotopic (exact) mass is 566 g/mol. The number of carbonyl (C=O) groups is 1. The second-order valence-electron chi connectivity index (χ2n) is 12.3. The van der Waals surface area contributed by atoms with Crippen LogP contribution in [0.25, 0.3) is 0 Å². The number of hydrogen-bond acceptors (Lipinski definition) is 3. The third kappa shape index (κ3) is 28.7. The minimum Gasteiger partial charge on any atom is -0.394 e. The third-order valence-electron chi connectivity index (χ3n) is 8.28. The van der Waals surface area contributed by atoms with E-state index in [0.29, 0.717) is 12.8 Å². The lowest BCUT2D eigenvalue weighted by molar-refractivity contribution is -0.123. The van der Waals surface area contributed by atoms with Crippen molar-refractivity contribution in [2.45, 2.75) is 206 Å². The van der Waals surface area contributed by atoms with Gasteiger partial charge >= 0.3 is 0 Å². The Morgan fingerprint density at radius 2 is 0.950 bits per heavy atom. The molecule has 2 atom stereocenters. The molecule has 0 aliphatic rings. The van der Waals surface area contributed by atoms with Crippen LogP contribution in [0.2, 0.25) is 0 Å². The molecule has 40 heavy (non-hydrogen) atoms. The van der Waals surface area contributed by atoms with E-state index in [0.717, 1.165) is 25.7 Å². The summed E-state index contributed by atoms with van der Waals surface area (Å²) >= 11 is 0. The lowest BCUT2D eigenvalue weighted by Gasteiger charge is -2.22. The number of aliphatic hydroxyl groups is 2. The molecule has 0 bridgehead atoms. The molecule has 0 heterocycles. The largest absolute Gasteiger partial charge is 0.394 e. The Kier molecular flexibility index (Phi) is 31.9. The molecule has 0 radical (unpaired) electrons. The Morgan fingerprint density at radius 1 is 0.575 bits per heavy atom. The summed E-state index contributed by atoms with van der Waals surface area (Å²) in [6, 6.07) is -0.534. The summed E-state index contributed by atoms with van der Waals surface area (Å²) < 4.78 is 0. The summed E-state index contributed by atoms with van der Waals surface area (Å²) in [5.74, 6) is -0.0407. The molecule has 0 rings (SSSR count). The summed E-state index contributed by atoms with van der Waals surface area (Å²) in [4.78, 5) is 12.3. The van der Waals surface area contributed by atoms with Crippen molar-refractivity contribution >= 4 is 5.91 Å². The highest BCUT2D eigenvalue weighted by molar-refractivity contribution is 5.76. The van der Waals surface area contributed by atoms with Crippen LogP contribution >= 0.6 is 0 Å². The van der Waals surface area contributed by atoms with Gasteiger partial charge in [0.05, 0.1) is 18.8 Å². The molecule has 0 aromatic carbocycles. The molecule has 0 saturated carbocycles. The SMILES string of the molecule is CCCCCCCC/C=C\CCCCCCCC(=O)N[C@@H](CO)[C@H](O)CCCCCCCCCCCCCCC. The van der Waals surface area contributed by atoms with Crippen LogP contribution in [0.1, 0.15) is 194 Å². The fourth-order valence-electron chi connectivity index (χ4n) is 5.47. The summed E-state index contributed by atoms with van der Waals surface area (Å²) in [5.41, 5.74) is 0. The van der Waals surface area contributed by atoms with Gasteiger partial charge in [-0.05, 0) is 38.5 Å². The van der Waals surface area contributed by atoms with Crippen molar-refractivity contribution in [2.75, 3.05) is 6.61 Å². The topological polar surface area (TPSA) is 69.6 Å². The van der Waals surface area contributed by atoms with Crippen LogP contribution in [-0.2, 0) is 4.79 Å². The zero-order valence-electron chi connectivity index (χ0n) is 27.1. The number of carbonyl (C=O) groups excluding carboxylic acids is 1. The number of hydrogen-bond donors (Lipinski definition) is 3. The first-order valence-electron chi connectivity index (χ1n) is 17.9. The fraction of sp³-hybridized carbons (Fsp3) is 0.917. The van der Waals surface area contributed by atoms with E-state index >= 15 is 0 Å². The maximum atomic E-state index is 12.3. The van der Waals surface area contributed by atoms with Gasteiger partial charge in [-0.2, -0.15) is 0 Å². The van der Waals surface area contributed by atoms with E-state index in [-0.39, 0.29) is 12.5 Å². The second kappa shape index (κ2) is 32.6. The van der Waals surface area contributed by atoms with Gasteiger partial charge in [-0.15, -0.1) is 0 Å². The quantitative estimate of drug-likeness (QED) is 0.0561. The van der Waals surface area contributed by atoms with Gasteiger partial charge in [0.15, 0.2) is 0 Å². The number of aliphatic hydroxyl groups excluding tert-OH is 2. The average Bonchev–Trinajstić information content (AvgIpc) is 2.96. The van der Waals surface area contributed by atoms with E-state index in [2.05, 4.69) is 31.3 Å². The van der Waals surface area contributed by atoms with Crippen molar-refractivity contribution in [3.8, 4) is 0 Å². The number of nitrogens with one attached hydrogen (secondary N) is 1. The molecule has 0 aromatic rings. The van der Waals surface area contributed by atoms with Crippen LogP contribution in [0, 0.1) is 0 Å². The van der Waals surface area contributed by atoms with Gasteiger partial charge < -0.3 is 15.5 Å². The predicted octanol–water partition coefficient (Wildman–Crippen LogP) is 10.3. The van der Waals surface area contributed by atoms with E-state index in [1.165, 1.54) is 141 Å². The van der Waals surface area contributed by atoms with Gasteiger partial charge in [-0.25, -0.2) is 0 Å². The number of allylic oxidation sites excluding steroid dienone is 2. The Morgan fingerprint density at radius 3 is 1.38 bits per heavy atom. The zero-order chi connectivity index (χ0) is 29.4. The molecular formula is C36H71NO3. The molecule has 0 spiro atoms. The summed E-state index contributed by atoms with van der Waals surface area (Å²) in [5, 5.41) is 23.0. The second-order valence-corrected chi connectivity index (χ2v) is 12.3. The highest BCUT2D eigenvalue weighted by atomic mass is 16.3. The minimum atomic E-state index is -0.657. The molecule has 238 valence electrons. The Bertz CT molecular complexity index is 536. The van der Waals surface area contributed by atoms with Gasteiger partial charge in [0.2, 0.25) is 5.91 Å². The first-order chi connectivity index (χ1) is 19.7. The molecule has 1 amide bonds. The van der Waals surface area contributed by atoms with Crippen molar-refractivity contribution in [3.63, 3.8) is 0 Å². The van der Waals surface area contributed by atoms with Crippen molar-refractivity contribution < 1.29 is 15.0 Å². The molecular weight excluding hydrogens is 494 g/mol. The van der Waals surface area contributed by atoms with E-state index in [9.17, 15) is 15.0 Å². The van der Waals surface area contributed by atoms with Crippen LogP contribution in [-0.4, -0.2) is 34.9 Å². The van der Waals surface area contributed by atoms with Crippen LogP contribution in [0.5, 0.6) is 0 Å². The summed E-state index contributed by atoms with van der Waals surface area (Å²) in [7, 11) is 0. The van der Waals surface area contributed by atoms with Gasteiger partial charge in [0, 0.05) is 6.42 Å². The average molecular weight is 566 g/mol. The maximum Gasteiger partial charge on any atom is 0.220 e. The molecule has 0 aromatic heterocycles. The highest BCUT2D eigenvalue weighted by Crippen LogP contribution is 2.15. The number of rotatable bonds is 32. The molecule has 4 nitrogen and oxygen atoms in total. The standard InChI is InChI=1S/C36H71NO3/c1-3-5-7-9-11-13-15-17-18-20-22-24-26-28-30-32-36(40)37-34(33-38)35(39)31-29-27-25-23-21-19-16-14-12-10-8-6-4-2/h17-18,34-35,38-39H,3-16,19-33H2,1-2H3,(H,37,40)/b18-17-/t34-,35+/m0/s1. The molecule has 0 saturated heterocycles. The van der Waals surface area contributed by atoms with Crippen molar-refractivity contribution in [1.29, 1.82) is 0 Å². The van der Waals surface area contributed by atoms with Gasteiger partial charge in [0.25, 0.3) is 0 Å². The first-order valence-corrected chi connectivity index (χ1v) is 17.9. The van der Waals surface area contributed by atoms with E-state index in [1.54, 1.807) is 0 Å². The molecule has 0 aliphatic carbocycles. The molecule has 0 unspecified atom stereocenters. The Hall–Kier alpha value is -0.870. The van der Waals surface area contributed by atoms with Crippen molar-refractivity contribution in [3.05, 3.63) is 12.2 Å². The van der Waals surface area contributed by atoms with Gasteiger partial charge in [-0.1, -0.05) is 161 Å². The normalized spacial score (nSPS) is 13.2. The summed E-state index contributed by atoms with van der Waals surface area (Å²) in [6.07, 6.45) is 38.3. The summed E-state index contributed by atoms with van der Waals surface area (Å²) in [6.45, 7) is 4.34. The van der Waals surface area contributed by atoms with Crippen molar-refractivity contribution in [1.82, 2.24) is 5.32 Å². The van der Waals surface area contributed by atoms with Crippen molar-refractivity contribution in [2.24, 2.45) is 0 Å². The van der Waals surface area contributed by atoms with Crippen LogP contribution in [0.4, 0.5) is 0 Å². The number of unbranched alkanes of at least 4 members (excludes halogenated alkanes) is 23. The smallest absolute Gasteiger partial charge is 0.220 e. The lowest BCUT2D eigenvalue weighted by Crippen LogP contribution is -2.45. The number of amides is 1. The Balaban J connectivity index is 3.58. The van der Waals surface area contributed by atoms with Crippen LogP contribution < -0.4 is 5.32 Å². The molecule has 0 aliphatic heterocycles. The van der Waals surface area contributed by atoms with Gasteiger partial charge in [0.1, 0.15) is 0 Å². The molecule has 0 fully saturated rings. The fourth-order valence-corrected chi connectivity index (χ4v) is 5.47. The van der Waals surface area contributed by atoms with Crippen LogP contribution in [0.3, 0.4) is 0 Å². The van der Waals surface area contributed by atoms with Crippen LogP contribution in [0.15, 0.2) is 12.2 Å². The highest BCUT2D eigenvalue weighted by Gasteiger charge is 2.19. The zero-order valence-corrected chi connectivity index (χ0v) is 27.1. The first kappa shape index (κ1) is 39.1. The minimum absolute atomic E-state index is 0.0407. The van der Waals surface area contributed by atoms with Gasteiger partial charge in [-0.3, -0.25) is 4.79 Å². The Labute approximate surface area is 250 Å². The van der Waals surface area contributed by atoms with E-state index in [4.69, 9.17) is 0 Å². The van der Waals surface area contributed by atoms with E-state index < -0.39 is 12.1 Å². The predicted molar refractivity (Wildman–Crippen MR) is 175 cm³/mol. The molecule has 4 heteroatoms. The third-order valence-corrected chi connectivity index (χ3v) is 8.28. The molecule has 3 N–H and O–H groups in total.